The molecule has 0 bridgehead atoms. The van der Waals surface area contributed by atoms with Crippen molar-refractivity contribution in [1.82, 2.24) is 15.5 Å². The fraction of sp³-hybridized carbons (Fsp3) is 0.571. The summed E-state index contributed by atoms with van der Waals surface area (Å²) in [4.78, 5) is 2.67. The molecule has 2 aromatic heterocycles. The smallest absolute Gasteiger partial charge is 0.315 e. The Kier molecular flexibility index (Phi) is 5.55. The Morgan fingerprint density at radius 3 is 2.75 bits per heavy atom. The molecular weight excluding hydrogens is 272 g/mol. The first-order chi connectivity index (χ1) is 9.72. The summed E-state index contributed by atoms with van der Waals surface area (Å²) in [5.74, 6) is 0.626. The van der Waals surface area contributed by atoms with Gasteiger partial charge in [0.2, 0.25) is 5.89 Å². The summed E-state index contributed by atoms with van der Waals surface area (Å²) >= 11 is 1.81. The van der Waals surface area contributed by atoms with Gasteiger partial charge in [-0.25, -0.2) is 0 Å². The predicted molar refractivity (Wildman–Crippen MR) is 82.0 cm³/mol. The molecule has 5 nitrogen and oxygen atoms in total. The van der Waals surface area contributed by atoms with Crippen molar-refractivity contribution in [3.05, 3.63) is 27.8 Å². The first-order valence-electron chi connectivity index (χ1n) is 7.11. The van der Waals surface area contributed by atoms with Gasteiger partial charge < -0.3 is 15.1 Å². The maximum atomic E-state index is 5.61. The van der Waals surface area contributed by atoms with E-state index in [1.807, 2.05) is 18.3 Å². The Hall–Kier alpha value is -1.40. The van der Waals surface area contributed by atoms with Gasteiger partial charge in [-0.15, -0.1) is 16.4 Å². The summed E-state index contributed by atoms with van der Waals surface area (Å²) in [5.41, 5.74) is 0. The van der Waals surface area contributed by atoms with Gasteiger partial charge in [-0.3, -0.25) is 0 Å². The van der Waals surface area contributed by atoms with E-state index < -0.39 is 0 Å². The van der Waals surface area contributed by atoms with E-state index in [0.29, 0.717) is 11.9 Å². The Labute approximate surface area is 123 Å². The Morgan fingerprint density at radius 1 is 1.25 bits per heavy atom. The molecule has 0 aliphatic heterocycles. The number of aryl methyl sites for hydroxylation is 1. The zero-order chi connectivity index (χ0) is 14.4. The lowest BCUT2D eigenvalue weighted by Crippen LogP contribution is -2.19. The van der Waals surface area contributed by atoms with Gasteiger partial charge in [0.15, 0.2) is 0 Å². The molecule has 0 amide bonds. The Balaban J connectivity index is 1.86. The summed E-state index contributed by atoms with van der Waals surface area (Å²) in [7, 11) is 0. The molecule has 1 unspecified atom stereocenters. The number of nitrogens with one attached hydrogen (secondary N) is 2. The molecule has 2 N–H and O–H groups in total. The Morgan fingerprint density at radius 2 is 2.05 bits per heavy atom. The lowest BCUT2D eigenvalue weighted by Gasteiger charge is -2.07. The average molecular weight is 294 g/mol. The molecule has 0 saturated carbocycles. The maximum absolute atomic E-state index is 5.61. The van der Waals surface area contributed by atoms with Crippen LogP contribution in [0.15, 0.2) is 16.5 Å². The van der Waals surface area contributed by atoms with Gasteiger partial charge in [0.25, 0.3) is 0 Å². The highest BCUT2D eigenvalue weighted by Gasteiger charge is 2.12. The lowest BCUT2D eigenvalue weighted by molar-refractivity contribution is 0.423. The van der Waals surface area contributed by atoms with Gasteiger partial charge in [-0.1, -0.05) is 18.9 Å². The van der Waals surface area contributed by atoms with Crippen LogP contribution in [-0.2, 0) is 13.0 Å². The molecule has 0 aliphatic carbocycles. The van der Waals surface area contributed by atoms with Gasteiger partial charge in [0.1, 0.15) is 0 Å². The van der Waals surface area contributed by atoms with Gasteiger partial charge in [-0.05, 0) is 38.4 Å². The molecule has 2 rings (SSSR count). The third-order valence-corrected chi connectivity index (χ3v) is 4.22. The second kappa shape index (κ2) is 7.40. The van der Waals surface area contributed by atoms with E-state index in [1.165, 1.54) is 9.75 Å². The number of nitrogens with zero attached hydrogens (tertiary/aromatic N) is 2. The fourth-order valence-electron chi connectivity index (χ4n) is 1.80. The minimum absolute atomic E-state index is 0.0893. The molecule has 0 fully saturated rings. The third kappa shape index (κ3) is 4.05. The van der Waals surface area contributed by atoms with Gasteiger partial charge in [-0.2, -0.15) is 0 Å². The predicted octanol–water partition coefficient (Wildman–Crippen LogP) is 3.37. The first kappa shape index (κ1) is 15.0. The topological polar surface area (TPSA) is 63.0 Å². The van der Waals surface area contributed by atoms with Crippen LogP contribution in [0.4, 0.5) is 6.01 Å². The van der Waals surface area contributed by atoms with E-state index in [0.717, 1.165) is 25.9 Å². The average Bonchev–Trinajstić information content (AvgIpc) is 3.11. The van der Waals surface area contributed by atoms with Crippen LogP contribution in [-0.4, -0.2) is 16.7 Å². The maximum Gasteiger partial charge on any atom is 0.315 e. The molecule has 0 aliphatic rings. The van der Waals surface area contributed by atoms with E-state index in [-0.39, 0.29) is 6.04 Å². The minimum atomic E-state index is 0.0893. The standard InChI is InChI=1S/C14H22N4OS/c1-4-8-15-10(3)13-17-18-14(19-13)16-9-12-7-6-11(5-2)20-12/h6-7,10,15H,4-5,8-9H2,1-3H3,(H,16,18). The molecule has 110 valence electrons. The fourth-order valence-corrected chi connectivity index (χ4v) is 2.70. The van der Waals surface area contributed by atoms with Crippen molar-refractivity contribution >= 4 is 17.4 Å². The van der Waals surface area contributed by atoms with Crippen molar-refractivity contribution < 1.29 is 4.42 Å². The molecule has 0 aromatic carbocycles. The third-order valence-electron chi connectivity index (χ3n) is 2.99. The second-order valence-electron chi connectivity index (χ2n) is 4.70. The molecule has 0 radical (unpaired) electrons. The highest BCUT2D eigenvalue weighted by molar-refractivity contribution is 7.12. The van der Waals surface area contributed by atoms with Crippen LogP contribution >= 0.6 is 11.3 Å². The van der Waals surface area contributed by atoms with E-state index in [2.05, 4.69) is 46.8 Å². The SMILES string of the molecule is CCCNC(C)c1nnc(NCc2ccc(CC)s2)o1. The molecule has 2 heterocycles. The van der Waals surface area contributed by atoms with Gasteiger partial charge in [0, 0.05) is 9.75 Å². The van der Waals surface area contributed by atoms with Crippen LogP contribution in [0, 0.1) is 0 Å². The zero-order valence-electron chi connectivity index (χ0n) is 12.3. The number of hydrogen-bond acceptors (Lipinski definition) is 6. The summed E-state index contributed by atoms with van der Waals surface area (Å²) in [6.07, 6.45) is 2.16. The highest BCUT2D eigenvalue weighted by atomic mass is 32.1. The van der Waals surface area contributed by atoms with E-state index in [9.17, 15) is 0 Å². The summed E-state index contributed by atoms with van der Waals surface area (Å²) < 4.78 is 5.61. The number of hydrogen-bond donors (Lipinski definition) is 2. The number of aromatic nitrogens is 2. The number of thiophene rings is 1. The van der Waals surface area contributed by atoms with Crippen molar-refractivity contribution in [2.75, 3.05) is 11.9 Å². The van der Waals surface area contributed by atoms with Crippen molar-refractivity contribution in [1.29, 1.82) is 0 Å². The first-order valence-corrected chi connectivity index (χ1v) is 7.92. The normalized spacial score (nSPS) is 12.6. The van der Waals surface area contributed by atoms with E-state index in [1.54, 1.807) is 0 Å². The molecule has 6 heteroatoms. The molecule has 0 spiro atoms. The molecule has 1 atom stereocenters. The highest BCUT2D eigenvalue weighted by Crippen LogP contribution is 2.19. The van der Waals surface area contributed by atoms with Crippen molar-refractivity contribution in [3.63, 3.8) is 0 Å². The molecule has 0 saturated heterocycles. The minimum Gasteiger partial charge on any atom is -0.406 e. The summed E-state index contributed by atoms with van der Waals surface area (Å²) in [5, 5.41) is 14.6. The second-order valence-corrected chi connectivity index (χ2v) is 5.95. The van der Waals surface area contributed by atoms with Crippen LogP contribution in [0.3, 0.4) is 0 Å². The monoisotopic (exact) mass is 294 g/mol. The lowest BCUT2D eigenvalue weighted by atomic mass is 10.3. The van der Waals surface area contributed by atoms with Crippen LogP contribution in [0.25, 0.3) is 0 Å². The molecular formula is C14H22N4OS. The number of anilines is 1. The number of rotatable bonds is 8. The van der Waals surface area contributed by atoms with Gasteiger partial charge >= 0.3 is 6.01 Å². The summed E-state index contributed by atoms with van der Waals surface area (Å²) in [6.45, 7) is 7.99. The quantitative estimate of drug-likeness (QED) is 0.781. The molecule has 2 aromatic rings. The van der Waals surface area contributed by atoms with E-state index in [4.69, 9.17) is 4.42 Å². The van der Waals surface area contributed by atoms with Crippen LogP contribution < -0.4 is 10.6 Å². The van der Waals surface area contributed by atoms with Crippen molar-refractivity contribution in [3.8, 4) is 0 Å². The van der Waals surface area contributed by atoms with E-state index >= 15 is 0 Å². The molecule has 20 heavy (non-hydrogen) atoms. The van der Waals surface area contributed by atoms with Crippen molar-refractivity contribution in [2.45, 2.75) is 46.2 Å². The van der Waals surface area contributed by atoms with Crippen LogP contribution in [0.5, 0.6) is 0 Å². The van der Waals surface area contributed by atoms with Crippen LogP contribution in [0.2, 0.25) is 0 Å². The largest absolute Gasteiger partial charge is 0.406 e. The zero-order valence-corrected chi connectivity index (χ0v) is 13.1. The van der Waals surface area contributed by atoms with Crippen molar-refractivity contribution in [2.24, 2.45) is 0 Å². The Bertz CT molecular complexity index is 523. The summed E-state index contributed by atoms with van der Waals surface area (Å²) in [6, 6.07) is 4.87. The van der Waals surface area contributed by atoms with Gasteiger partial charge in [0.05, 0.1) is 12.6 Å². The van der Waals surface area contributed by atoms with Crippen LogP contribution in [0.1, 0.15) is 48.9 Å².